The van der Waals surface area contributed by atoms with Crippen LogP contribution in [0, 0.1) is 6.92 Å². The van der Waals surface area contributed by atoms with Crippen molar-refractivity contribution in [1.29, 1.82) is 0 Å². The van der Waals surface area contributed by atoms with E-state index in [1.807, 2.05) is 13.8 Å². The lowest BCUT2D eigenvalue weighted by atomic mass is 10.2. The Labute approximate surface area is 91.2 Å². The molecule has 0 radical (unpaired) electrons. The highest BCUT2D eigenvalue weighted by molar-refractivity contribution is 9.11. The topological polar surface area (TPSA) is 17.8 Å². The monoisotopic (exact) mass is 258 g/mol. The van der Waals surface area contributed by atoms with Crippen LogP contribution in [0.4, 0.5) is 4.39 Å². The molecule has 0 atom stereocenters. The van der Waals surface area contributed by atoms with Gasteiger partial charge in [0, 0.05) is 17.2 Å². The third kappa shape index (κ3) is 2.32. The van der Waals surface area contributed by atoms with Crippen molar-refractivity contribution in [3.05, 3.63) is 34.1 Å². The van der Waals surface area contributed by atoms with Gasteiger partial charge in [0.25, 0.3) is 0 Å². The molecule has 1 aromatic heterocycles. The average molecular weight is 259 g/mol. The first-order valence-corrected chi connectivity index (χ1v) is 5.03. The van der Waals surface area contributed by atoms with E-state index in [0.29, 0.717) is 5.56 Å². The minimum Gasteiger partial charge on any atom is -0.272 e. The molecule has 1 heterocycles. The maximum absolute atomic E-state index is 13.6. The summed E-state index contributed by atoms with van der Waals surface area (Å²) >= 11 is 3.22. The SMILES string of the molecule is C/C=C(Br)\C=C(\F)c1cnn(C)c1C. The lowest BCUT2D eigenvalue weighted by molar-refractivity contribution is 0.733. The van der Waals surface area contributed by atoms with Crippen LogP contribution >= 0.6 is 15.9 Å². The van der Waals surface area contributed by atoms with Gasteiger partial charge in [0.1, 0.15) is 5.83 Å². The molecule has 1 rings (SSSR count). The molecule has 0 N–H and O–H groups in total. The number of hydrogen-bond acceptors (Lipinski definition) is 1. The molecule has 76 valence electrons. The number of nitrogens with zero attached hydrogens (tertiary/aromatic N) is 2. The Morgan fingerprint density at radius 1 is 1.64 bits per heavy atom. The first-order chi connectivity index (χ1) is 6.56. The quantitative estimate of drug-likeness (QED) is 0.745. The van der Waals surface area contributed by atoms with Crippen LogP contribution in [0.5, 0.6) is 0 Å². The van der Waals surface area contributed by atoms with E-state index in [9.17, 15) is 4.39 Å². The Balaban J connectivity index is 3.06. The third-order valence-corrected chi connectivity index (χ3v) is 2.72. The summed E-state index contributed by atoms with van der Waals surface area (Å²) in [6.45, 7) is 3.67. The van der Waals surface area contributed by atoms with Crippen molar-refractivity contribution in [2.45, 2.75) is 13.8 Å². The van der Waals surface area contributed by atoms with E-state index in [0.717, 1.165) is 10.2 Å². The highest BCUT2D eigenvalue weighted by atomic mass is 79.9. The van der Waals surface area contributed by atoms with Crippen molar-refractivity contribution in [2.24, 2.45) is 7.05 Å². The normalized spacial score (nSPS) is 13.5. The molecular weight excluding hydrogens is 247 g/mol. The van der Waals surface area contributed by atoms with Gasteiger partial charge in [-0.05, 0) is 19.9 Å². The van der Waals surface area contributed by atoms with Crippen molar-refractivity contribution < 1.29 is 4.39 Å². The minimum absolute atomic E-state index is 0.277. The summed E-state index contributed by atoms with van der Waals surface area (Å²) in [4.78, 5) is 0. The summed E-state index contributed by atoms with van der Waals surface area (Å²) in [7, 11) is 1.79. The molecule has 0 amide bonds. The molecular formula is C10H12BrFN2. The van der Waals surface area contributed by atoms with Gasteiger partial charge in [-0.2, -0.15) is 5.10 Å². The zero-order valence-electron chi connectivity index (χ0n) is 8.38. The van der Waals surface area contributed by atoms with Gasteiger partial charge in [-0.3, -0.25) is 4.68 Å². The van der Waals surface area contributed by atoms with Gasteiger partial charge in [-0.25, -0.2) is 4.39 Å². The summed E-state index contributed by atoms with van der Waals surface area (Å²) in [5.41, 5.74) is 1.35. The van der Waals surface area contributed by atoms with Gasteiger partial charge in [-0.1, -0.05) is 22.0 Å². The molecule has 0 aromatic carbocycles. The fourth-order valence-corrected chi connectivity index (χ4v) is 1.22. The average Bonchev–Trinajstić information content (AvgIpc) is 2.47. The predicted octanol–water partition coefficient (Wildman–Crippen LogP) is 3.34. The molecule has 0 saturated heterocycles. The van der Waals surface area contributed by atoms with Crippen molar-refractivity contribution in [3.8, 4) is 0 Å². The number of hydrogen-bond donors (Lipinski definition) is 0. The fourth-order valence-electron chi connectivity index (χ4n) is 1.02. The first-order valence-electron chi connectivity index (χ1n) is 4.24. The molecule has 0 unspecified atom stereocenters. The van der Waals surface area contributed by atoms with Gasteiger partial charge in [0.05, 0.1) is 11.8 Å². The second kappa shape index (κ2) is 4.55. The van der Waals surface area contributed by atoms with E-state index in [-0.39, 0.29) is 5.83 Å². The van der Waals surface area contributed by atoms with Crippen LogP contribution in [0.15, 0.2) is 22.8 Å². The molecule has 0 fully saturated rings. The number of halogens is 2. The molecule has 0 saturated carbocycles. The van der Waals surface area contributed by atoms with E-state index < -0.39 is 0 Å². The van der Waals surface area contributed by atoms with Crippen LogP contribution in [0.1, 0.15) is 18.2 Å². The molecule has 0 bridgehead atoms. The molecule has 0 aliphatic rings. The van der Waals surface area contributed by atoms with Crippen LogP contribution < -0.4 is 0 Å². The van der Waals surface area contributed by atoms with Crippen LogP contribution in [0.3, 0.4) is 0 Å². The van der Waals surface area contributed by atoms with E-state index in [2.05, 4.69) is 21.0 Å². The molecule has 14 heavy (non-hydrogen) atoms. The Hall–Kier alpha value is -0.900. The lowest BCUT2D eigenvalue weighted by Crippen LogP contribution is -1.92. The van der Waals surface area contributed by atoms with Crippen molar-refractivity contribution in [1.82, 2.24) is 9.78 Å². The Morgan fingerprint density at radius 3 is 2.71 bits per heavy atom. The van der Waals surface area contributed by atoms with E-state index in [1.54, 1.807) is 17.8 Å². The Kier molecular flexibility index (Phi) is 3.63. The lowest BCUT2D eigenvalue weighted by Gasteiger charge is -1.97. The first kappa shape index (κ1) is 11.2. The van der Waals surface area contributed by atoms with Crippen LogP contribution in [-0.4, -0.2) is 9.78 Å². The molecule has 2 nitrogen and oxygen atoms in total. The van der Waals surface area contributed by atoms with Crippen LogP contribution in [0.2, 0.25) is 0 Å². The minimum atomic E-state index is -0.277. The van der Waals surface area contributed by atoms with Crippen molar-refractivity contribution >= 4 is 21.8 Å². The van der Waals surface area contributed by atoms with Gasteiger partial charge in [-0.15, -0.1) is 0 Å². The van der Waals surface area contributed by atoms with Crippen molar-refractivity contribution in [3.63, 3.8) is 0 Å². The molecule has 4 heteroatoms. The van der Waals surface area contributed by atoms with Crippen LogP contribution in [-0.2, 0) is 7.05 Å². The second-order valence-corrected chi connectivity index (χ2v) is 3.85. The van der Waals surface area contributed by atoms with E-state index in [1.165, 1.54) is 12.3 Å². The zero-order chi connectivity index (χ0) is 10.7. The Morgan fingerprint density at radius 2 is 2.29 bits per heavy atom. The summed E-state index contributed by atoms with van der Waals surface area (Å²) < 4.78 is 15.9. The fraction of sp³-hybridized carbons (Fsp3) is 0.300. The number of allylic oxidation sites excluding steroid dienone is 3. The van der Waals surface area contributed by atoms with E-state index in [4.69, 9.17) is 0 Å². The number of aromatic nitrogens is 2. The third-order valence-electron chi connectivity index (χ3n) is 2.03. The van der Waals surface area contributed by atoms with Gasteiger partial charge < -0.3 is 0 Å². The highest BCUT2D eigenvalue weighted by Gasteiger charge is 2.08. The highest BCUT2D eigenvalue weighted by Crippen LogP contribution is 2.22. The molecule has 0 spiro atoms. The predicted molar refractivity (Wildman–Crippen MR) is 59.7 cm³/mol. The van der Waals surface area contributed by atoms with Gasteiger partial charge in [0.2, 0.25) is 0 Å². The standard InChI is InChI=1S/C10H12BrFN2/c1-4-8(11)5-10(12)9-6-13-14(3)7(9)2/h4-6H,1-3H3/b8-4+,10-5+. The maximum atomic E-state index is 13.6. The smallest absolute Gasteiger partial charge is 0.134 e. The van der Waals surface area contributed by atoms with Crippen molar-refractivity contribution in [2.75, 3.05) is 0 Å². The molecule has 0 aliphatic heterocycles. The summed E-state index contributed by atoms with van der Waals surface area (Å²) in [5, 5.41) is 3.97. The van der Waals surface area contributed by atoms with Gasteiger partial charge >= 0.3 is 0 Å². The summed E-state index contributed by atoms with van der Waals surface area (Å²) in [6.07, 6.45) is 4.74. The summed E-state index contributed by atoms with van der Waals surface area (Å²) in [6, 6.07) is 0. The number of rotatable bonds is 2. The van der Waals surface area contributed by atoms with E-state index >= 15 is 0 Å². The molecule has 0 aliphatic carbocycles. The molecule has 1 aromatic rings. The second-order valence-electron chi connectivity index (χ2n) is 2.93. The van der Waals surface area contributed by atoms with Crippen LogP contribution in [0.25, 0.3) is 5.83 Å². The maximum Gasteiger partial charge on any atom is 0.134 e. The Bertz CT molecular complexity index is 391. The number of aryl methyl sites for hydroxylation is 1. The zero-order valence-corrected chi connectivity index (χ0v) is 9.97. The summed E-state index contributed by atoms with van der Waals surface area (Å²) in [5.74, 6) is -0.277. The van der Waals surface area contributed by atoms with Gasteiger partial charge in [0.15, 0.2) is 0 Å². The largest absolute Gasteiger partial charge is 0.272 e.